The third-order valence-electron chi connectivity index (χ3n) is 4.26. The summed E-state index contributed by atoms with van der Waals surface area (Å²) in [6, 6.07) is 9.27. The van der Waals surface area contributed by atoms with E-state index in [0.717, 1.165) is 18.5 Å². The number of hydrogen-bond acceptors (Lipinski definition) is 8. The lowest BCUT2D eigenvalue weighted by molar-refractivity contribution is 0.0449. The average Bonchev–Trinajstić information content (AvgIpc) is 3.55. The number of nitriles is 1. The molecule has 1 heterocycles. The molecule has 1 aliphatic carbocycles. The summed E-state index contributed by atoms with van der Waals surface area (Å²) in [5.41, 5.74) is 1.24. The Bertz CT molecular complexity index is 1060. The molecule has 8 nitrogen and oxygen atoms in total. The van der Waals surface area contributed by atoms with E-state index in [0.29, 0.717) is 16.7 Å². The minimum Gasteiger partial charge on any atom is -0.490 e. The summed E-state index contributed by atoms with van der Waals surface area (Å²) in [4.78, 5) is 17.0. The lowest BCUT2D eigenvalue weighted by atomic mass is 10.1. The van der Waals surface area contributed by atoms with E-state index in [1.54, 1.807) is 6.07 Å². The van der Waals surface area contributed by atoms with E-state index in [2.05, 4.69) is 4.98 Å². The highest BCUT2D eigenvalue weighted by Crippen LogP contribution is 2.40. The second kappa shape index (κ2) is 8.82. The van der Waals surface area contributed by atoms with E-state index in [-0.39, 0.29) is 29.2 Å². The predicted molar refractivity (Wildman–Crippen MR) is 106 cm³/mol. The second-order valence-electron chi connectivity index (χ2n) is 6.37. The van der Waals surface area contributed by atoms with Crippen LogP contribution in [0.2, 0.25) is 0 Å². The first-order valence-electron chi connectivity index (χ1n) is 8.75. The maximum absolute atomic E-state index is 12.5. The smallest absolute Gasteiger partial charge is 0.339 e. The van der Waals surface area contributed by atoms with Crippen molar-refractivity contribution in [1.29, 1.82) is 5.26 Å². The number of benzene rings is 1. The van der Waals surface area contributed by atoms with Crippen molar-refractivity contribution in [2.45, 2.75) is 28.7 Å². The SMILES string of the molecule is CSc1nc(C2CC2)cc(C(=O)OCCOc2ccc(S(N)(=O)=O)cc2)c1C#N. The second-order valence-corrected chi connectivity index (χ2v) is 8.72. The van der Waals surface area contributed by atoms with Crippen molar-refractivity contribution in [3.05, 3.63) is 47.2 Å². The average molecular weight is 434 g/mol. The number of rotatable bonds is 8. The molecule has 1 aliphatic rings. The molecule has 0 radical (unpaired) electrons. The number of aromatic nitrogens is 1. The molecule has 2 aromatic rings. The summed E-state index contributed by atoms with van der Waals surface area (Å²) in [7, 11) is -3.76. The fourth-order valence-electron chi connectivity index (χ4n) is 2.64. The Hall–Kier alpha value is -2.61. The topological polar surface area (TPSA) is 132 Å². The molecule has 0 unspecified atom stereocenters. The van der Waals surface area contributed by atoms with Gasteiger partial charge in [0.25, 0.3) is 0 Å². The minimum absolute atomic E-state index is 0.0194. The van der Waals surface area contributed by atoms with Gasteiger partial charge in [0.2, 0.25) is 10.0 Å². The number of carbonyl (C=O) groups is 1. The Labute approximate surface area is 173 Å². The third kappa shape index (κ3) is 5.26. The largest absolute Gasteiger partial charge is 0.490 e. The van der Waals surface area contributed by atoms with Gasteiger partial charge in [-0.05, 0) is 49.4 Å². The molecule has 0 spiro atoms. The number of carbonyl (C=O) groups excluding carboxylic acids is 1. The van der Waals surface area contributed by atoms with Crippen LogP contribution < -0.4 is 9.88 Å². The predicted octanol–water partition coefficient (Wildman–Crippen LogP) is 2.44. The number of hydrogen-bond donors (Lipinski definition) is 1. The summed E-state index contributed by atoms with van der Waals surface area (Å²) >= 11 is 1.32. The van der Waals surface area contributed by atoms with Gasteiger partial charge in [0.1, 0.15) is 30.1 Å². The zero-order valence-electron chi connectivity index (χ0n) is 15.6. The lowest BCUT2D eigenvalue weighted by Crippen LogP contribution is -2.15. The van der Waals surface area contributed by atoms with Gasteiger partial charge in [0, 0.05) is 11.6 Å². The Morgan fingerprint density at radius 3 is 2.55 bits per heavy atom. The van der Waals surface area contributed by atoms with Crippen LogP contribution in [0.5, 0.6) is 5.75 Å². The Balaban J connectivity index is 1.61. The fourth-order valence-corrected chi connectivity index (χ4v) is 3.71. The maximum Gasteiger partial charge on any atom is 0.339 e. The first-order valence-corrected chi connectivity index (χ1v) is 11.5. The van der Waals surface area contributed by atoms with Crippen LogP contribution in [0.15, 0.2) is 40.3 Å². The van der Waals surface area contributed by atoms with Gasteiger partial charge in [-0.2, -0.15) is 5.26 Å². The van der Waals surface area contributed by atoms with Crippen molar-refractivity contribution in [2.24, 2.45) is 5.14 Å². The van der Waals surface area contributed by atoms with Gasteiger partial charge in [-0.1, -0.05) is 0 Å². The van der Waals surface area contributed by atoms with Crippen molar-refractivity contribution in [1.82, 2.24) is 4.98 Å². The van der Waals surface area contributed by atoms with Crippen LogP contribution >= 0.6 is 11.8 Å². The van der Waals surface area contributed by atoms with E-state index in [1.165, 1.54) is 36.0 Å². The van der Waals surface area contributed by atoms with Crippen LogP contribution in [0.4, 0.5) is 0 Å². The van der Waals surface area contributed by atoms with E-state index in [9.17, 15) is 18.5 Å². The van der Waals surface area contributed by atoms with Gasteiger partial charge < -0.3 is 9.47 Å². The van der Waals surface area contributed by atoms with Gasteiger partial charge in [-0.3, -0.25) is 0 Å². The summed E-state index contributed by atoms with van der Waals surface area (Å²) in [5, 5.41) is 15.0. The zero-order chi connectivity index (χ0) is 21.0. The van der Waals surface area contributed by atoms with Crippen LogP contribution in [0.1, 0.15) is 40.4 Å². The van der Waals surface area contributed by atoms with Gasteiger partial charge in [0.05, 0.1) is 16.0 Å². The van der Waals surface area contributed by atoms with Crippen molar-refractivity contribution in [2.75, 3.05) is 19.5 Å². The van der Waals surface area contributed by atoms with Crippen LogP contribution in [0.25, 0.3) is 0 Å². The third-order valence-corrected chi connectivity index (χ3v) is 5.88. The Morgan fingerprint density at radius 1 is 1.31 bits per heavy atom. The molecule has 1 fully saturated rings. The number of ether oxygens (including phenoxy) is 2. The van der Waals surface area contributed by atoms with E-state index in [1.807, 2.05) is 12.3 Å². The number of pyridine rings is 1. The van der Waals surface area contributed by atoms with Crippen LogP contribution in [-0.4, -0.2) is 38.8 Å². The molecule has 1 aromatic heterocycles. The molecular weight excluding hydrogens is 414 g/mol. The molecule has 0 amide bonds. The highest BCUT2D eigenvalue weighted by atomic mass is 32.2. The molecule has 1 saturated carbocycles. The minimum atomic E-state index is -3.76. The van der Waals surface area contributed by atoms with Crippen molar-refractivity contribution in [3.63, 3.8) is 0 Å². The first-order chi connectivity index (χ1) is 13.8. The van der Waals surface area contributed by atoms with E-state index >= 15 is 0 Å². The van der Waals surface area contributed by atoms with Crippen LogP contribution in [0.3, 0.4) is 0 Å². The Morgan fingerprint density at radius 2 is 2.00 bits per heavy atom. The molecule has 0 atom stereocenters. The summed E-state index contributed by atoms with van der Waals surface area (Å²) < 4.78 is 33.2. The molecule has 29 heavy (non-hydrogen) atoms. The number of nitrogens with zero attached hydrogens (tertiary/aromatic N) is 2. The molecule has 152 valence electrons. The number of sulfonamides is 1. The van der Waals surface area contributed by atoms with Crippen LogP contribution in [-0.2, 0) is 14.8 Å². The van der Waals surface area contributed by atoms with Gasteiger partial charge in [0.15, 0.2) is 0 Å². The summed E-state index contributed by atoms with van der Waals surface area (Å²) in [6.07, 6.45) is 3.86. The van der Waals surface area contributed by atoms with Crippen molar-refractivity contribution < 1.29 is 22.7 Å². The molecule has 0 aliphatic heterocycles. The molecule has 2 N–H and O–H groups in total. The first kappa shape index (κ1) is 21.1. The monoisotopic (exact) mass is 433 g/mol. The van der Waals surface area contributed by atoms with Gasteiger partial charge >= 0.3 is 5.97 Å². The van der Waals surface area contributed by atoms with Gasteiger partial charge in [-0.15, -0.1) is 11.8 Å². The number of esters is 1. The van der Waals surface area contributed by atoms with Crippen LogP contribution in [0, 0.1) is 11.3 Å². The van der Waals surface area contributed by atoms with E-state index in [4.69, 9.17) is 14.6 Å². The molecule has 0 bridgehead atoms. The van der Waals surface area contributed by atoms with Crippen molar-refractivity contribution >= 4 is 27.8 Å². The summed E-state index contributed by atoms with van der Waals surface area (Å²) in [6.45, 7) is 0.0363. The standard InChI is InChI=1S/C19H19N3O5S2/c1-28-18-16(11-20)15(10-17(22-18)12-2-3-12)19(23)27-9-8-26-13-4-6-14(7-5-13)29(21,24)25/h4-7,10,12H,2-3,8-9H2,1H3,(H2,21,24,25). The molecule has 3 rings (SSSR count). The van der Waals surface area contributed by atoms with Crippen molar-refractivity contribution in [3.8, 4) is 11.8 Å². The zero-order valence-corrected chi connectivity index (χ0v) is 17.3. The number of primary sulfonamides is 1. The fraction of sp³-hybridized carbons (Fsp3) is 0.316. The Kier molecular flexibility index (Phi) is 6.42. The quantitative estimate of drug-likeness (QED) is 0.381. The number of thioether (sulfide) groups is 1. The van der Waals surface area contributed by atoms with E-state index < -0.39 is 16.0 Å². The highest BCUT2D eigenvalue weighted by molar-refractivity contribution is 7.98. The number of nitrogens with two attached hydrogens (primary N) is 1. The molecular formula is C19H19N3O5S2. The lowest BCUT2D eigenvalue weighted by Gasteiger charge is -2.11. The molecule has 1 aromatic carbocycles. The summed E-state index contributed by atoms with van der Waals surface area (Å²) in [5.74, 6) is 0.147. The normalized spacial score (nSPS) is 13.6. The molecule has 10 heteroatoms. The maximum atomic E-state index is 12.5. The highest BCUT2D eigenvalue weighted by Gasteiger charge is 2.28. The molecule has 0 saturated heterocycles. The van der Waals surface area contributed by atoms with Gasteiger partial charge in [-0.25, -0.2) is 23.3 Å².